The Bertz CT molecular complexity index is 1420. The lowest BCUT2D eigenvalue weighted by atomic mass is 9.83. The van der Waals surface area contributed by atoms with Crippen LogP contribution in [0.2, 0.25) is 0 Å². The predicted octanol–water partition coefficient (Wildman–Crippen LogP) is 4.17. The second-order valence-electron chi connectivity index (χ2n) is 9.80. The van der Waals surface area contributed by atoms with E-state index in [1.807, 2.05) is 19.9 Å². The number of pyridine rings is 1. The van der Waals surface area contributed by atoms with Crippen molar-refractivity contribution in [3.63, 3.8) is 0 Å². The molecule has 0 spiro atoms. The first-order chi connectivity index (χ1) is 17.2. The van der Waals surface area contributed by atoms with E-state index in [9.17, 15) is 19.2 Å². The fourth-order valence-electron chi connectivity index (χ4n) is 5.12. The number of benzene rings is 1. The molecule has 184 valence electrons. The predicted molar refractivity (Wildman–Crippen MR) is 132 cm³/mol. The van der Waals surface area contributed by atoms with Gasteiger partial charge in [-0.2, -0.15) is 10.4 Å². The first kappa shape index (κ1) is 23.7. The zero-order valence-corrected chi connectivity index (χ0v) is 20.5. The summed E-state index contributed by atoms with van der Waals surface area (Å²) in [5, 5.41) is 16.9. The van der Waals surface area contributed by atoms with Crippen molar-refractivity contribution in [2.45, 2.75) is 46.5 Å². The monoisotopic (exact) mass is 486 g/mol. The van der Waals surface area contributed by atoms with Gasteiger partial charge in [-0.1, -0.05) is 0 Å². The molecule has 2 aliphatic rings. The summed E-state index contributed by atoms with van der Waals surface area (Å²) < 4.78 is 16.0. The van der Waals surface area contributed by atoms with E-state index < -0.39 is 11.2 Å². The minimum atomic E-state index is -0.943. The zero-order valence-electron chi connectivity index (χ0n) is 20.5. The molecule has 0 unspecified atom stereocenters. The Hall–Kier alpha value is -4.06. The third kappa shape index (κ3) is 4.35. The fraction of sp³-hybridized carbons (Fsp3) is 0.370. The molecule has 2 aromatic heterocycles. The minimum absolute atomic E-state index is 0.0586. The second-order valence-corrected chi connectivity index (χ2v) is 9.80. The molecule has 2 amide bonds. The van der Waals surface area contributed by atoms with Crippen LogP contribution in [0.25, 0.3) is 5.69 Å². The van der Waals surface area contributed by atoms with Gasteiger partial charge in [0.25, 0.3) is 0 Å². The molecule has 1 atom stereocenters. The van der Waals surface area contributed by atoms with Crippen LogP contribution in [0.3, 0.4) is 0 Å². The largest absolute Gasteiger partial charge is 0.311 e. The summed E-state index contributed by atoms with van der Waals surface area (Å²) >= 11 is 0. The number of hydrogen-bond donors (Lipinski definition) is 1. The topological polar surface area (TPSA) is 104 Å². The van der Waals surface area contributed by atoms with Crippen molar-refractivity contribution in [3.05, 3.63) is 64.9 Å². The highest BCUT2D eigenvalue weighted by Gasteiger charge is 2.56. The molecule has 3 heterocycles. The van der Waals surface area contributed by atoms with E-state index in [2.05, 4.69) is 21.5 Å². The van der Waals surface area contributed by atoms with Gasteiger partial charge in [0.1, 0.15) is 17.1 Å². The number of hydrogen-bond acceptors (Lipinski definition) is 5. The summed E-state index contributed by atoms with van der Waals surface area (Å²) in [6.45, 7) is 5.99. The number of aryl methyl sites for hydroxylation is 3. The Morgan fingerprint density at radius 2 is 1.92 bits per heavy atom. The number of nitrogens with one attached hydrogen (secondary N) is 1. The Labute approximate surface area is 208 Å². The van der Waals surface area contributed by atoms with Gasteiger partial charge in [-0.3, -0.25) is 9.59 Å². The summed E-state index contributed by atoms with van der Waals surface area (Å²) in [4.78, 5) is 32.0. The van der Waals surface area contributed by atoms with Crippen molar-refractivity contribution in [3.8, 4) is 11.8 Å². The molecule has 3 aromatic rings. The van der Waals surface area contributed by atoms with E-state index in [0.717, 1.165) is 24.2 Å². The van der Waals surface area contributed by atoms with Crippen LogP contribution in [0.4, 0.5) is 15.9 Å². The number of carbonyl (C=O) groups excluding carboxylic acids is 2. The summed E-state index contributed by atoms with van der Waals surface area (Å²) in [7, 11) is 0. The Kier molecular flexibility index (Phi) is 5.83. The standard InChI is InChI=1S/C27H27FN6O2/c1-16-9-22(33-7-6-27(15-29,26(33)36)20-4-5-20)14-24(30-16)31-25(35)12-19-10-21(28)13-23(11-19)34-18(3)8-17(2)32-34/h8-11,13-14,20H,4-7,12H2,1-3H3,(H,30,31,35)/t27-/m1/s1. The van der Waals surface area contributed by atoms with Crippen LogP contribution in [-0.4, -0.2) is 33.1 Å². The van der Waals surface area contributed by atoms with E-state index in [0.29, 0.717) is 41.4 Å². The van der Waals surface area contributed by atoms with Crippen LogP contribution in [0.1, 0.15) is 41.9 Å². The fourth-order valence-corrected chi connectivity index (χ4v) is 5.12. The molecule has 0 radical (unpaired) electrons. The molecule has 5 rings (SSSR count). The molecule has 1 aliphatic carbocycles. The number of carbonyl (C=O) groups is 2. The smallest absolute Gasteiger partial charge is 0.247 e. The van der Waals surface area contributed by atoms with Crippen molar-refractivity contribution in [2.24, 2.45) is 11.3 Å². The molecule has 1 aliphatic heterocycles. The summed E-state index contributed by atoms with van der Waals surface area (Å²) in [6, 6.07) is 12.1. The van der Waals surface area contributed by atoms with Crippen molar-refractivity contribution >= 4 is 23.3 Å². The van der Waals surface area contributed by atoms with Crippen molar-refractivity contribution in [2.75, 3.05) is 16.8 Å². The Balaban J connectivity index is 1.33. The highest BCUT2D eigenvalue weighted by atomic mass is 19.1. The first-order valence-electron chi connectivity index (χ1n) is 12.0. The van der Waals surface area contributed by atoms with Gasteiger partial charge in [-0.25, -0.2) is 14.1 Å². The average Bonchev–Trinajstić information content (AvgIpc) is 3.52. The van der Waals surface area contributed by atoms with E-state index >= 15 is 0 Å². The van der Waals surface area contributed by atoms with Gasteiger partial charge in [0.2, 0.25) is 11.8 Å². The third-order valence-electron chi connectivity index (χ3n) is 6.91. The van der Waals surface area contributed by atoms with Crippen LogP contribution in [0.5, 0.6) is 0 Å². The number of halogens is 1. The Morgan fingerprint density at radius 1 is 1.14 bits per heavy atom. The van der Waals surface area contributed by atoms with Crippen molar-refractivity contribution in [1.29, 1.82) is 5.26 Å². The van der Waals surface area contributed by atoms with E-state index in [4.69, 9.17) is 0 Å². The maximum absolute atomic E-state index is 14.4. The molecule has 1 aromatic carbocycles. The SMILES string of the molecule is Cc1cc(N2CC[C@@](C#N)(C3CC3)C2=O)cc(NC(=O)Cc2cc(F)cc(-n3nc(C)cc3C)c2)n1. The summed E-state index contributed by atoms with van der Waals surface area (Å²) in [5.41, 5.74) is 3.03. The van der Waals surface area contributed by atoms with Crippen LogP contribution >= 0.6 is 0 Å². The summed E-state index contributed by atoms with van der Waals surface area (Å²) in [6.07, 6.45) is 2.26. The lowest BCUT2D eigenvalue weighted by molar-refractivity contribution is -0.123. The number of anilines is 2. The molecule has 36 heavy (non-hydrogen) atoms. The van der Waals surface area contributed by atoms with Gasteiger partial charge in [0.15, 0.2) is 0 Å². The average molecular weight is 487 g/mol. The number of rotatable bonds is 6. The normalized spacial score (nSPS) is 19.4. The molecule has 9 heteroatoms. The molecule has 1 saturated heterocycles. The molecule has 1 saturated carbocycles. The van der Waals surface area contributed by atoms with Crippen LogP contribution < -0.4 is 10.2 Å². The van der Waals surface area contributed by atoms with Gasteiger partial charge in [0.05, 0.1) is 23.9 Å². The summed E-state index contributed by atoms with van der Waals surface area (Å²) in [5.74, 6) is -0.553. The minimum Gasteiger partial charge on any atom is -0.311 e. The molecular weight excluding hydrogens is 459 g/mol. The quantitative estimate of drug-likeness (QED) is 0.563. The van der Waals surface area contributed by atoms with E-state index in [-0.39, 0.29) is 24.2 Å². The molecular formula is C27H27FN6O2. The Morgan fingerprint density at radius 3 is 2.58 bits per heavy atom. The molecule has 8 nitrogen and oxygen atoms in total. The molecule has 1 N–H and O–H groups in total. The lowest BCUT2D eigenvalue weighted by Crippen LogP contribution is -2.35. The van der Waals surface area contributed by atoms with Crippen molar-refractivity contribution in [1.82, 2.24) is 14.8 Å². The van der Waals surface area contributed by atoms with Gasteiger partial charge in [-0.05, 0) is 81.8 Å². The van der Waals surface area contributed by atoms with Crippen LogP contribution in [0, 0.1) is 49.3 Å². The van der Waals surface area contributed by atoms with Crippen LogP contribution in [0.15, 0.2) is 36.4 Å². The highest BCUT2D eigenvalue weighted by Crippen LogP contribution is 2.52. The first-order valence-corrected chi connectivity index (χ1v) is 12.0. The second kappa shape index (κ2) is 8.86. The zero-order chi connectivity index (χ0) is 25.6. The number of aromatic nitrogens is 3. The third-order valence-corrected chi connectivity index (χ3v) is 6.91. The maximum Gasteiger partial charge on any atom is 0.247 e. The van der Waals surface area contributed by atoms with Gasteiger partial charge in [-0.15, -0.1) is 0 Å². The molecule has 0 bridgehead atoms. The van der Waals surface area contributed by atoms with Gasteiger partial charge >= 0.3 is 0 Å². The molecule has 2 fully saturated rings. The van der Waals surface area contributed by atoms with Gasteiger partial charge in [0, 0.05) is 29.7 Å². The number of amides is 2. The maximum atomic E-state index is 14.4. The van der Waals surface area contributed by atoms with Crippen molar-refractivity contribution < 1.29 is 14.0 Å². The van der Waals surface area contributed by atoms with Gasteiger partial charge < -0.3 is 10.2 Å². The van der Waals surface area contributed by atoms with E-state index in [1.54, 1.807) is 34.7 Å². The number of nitrogens with zero attached hydrogens (tertiary/aromatic N) is 5. The highest BCUT2D eigenvalue weighted by molar-refractivity contribution is 6.02. The lowest BCUT2D eigenvalue weighted by Gasteiger charge is -2.21. The van der Waals surface area contributed by atoms with E-state index in [1.165, 1.54) is 12.1 Å². The number of nitriles is 1. The van der Waals surface area contributed by atoms with Crippen LogP contribution in [-0.2, 0) is 16.0 Å².